The average molecular weight is 459 g/mol. The molecule has 1 amide bonds. The smallest absolute Gasteiger partial charge is 0.300 e. The van der Waals surface area contributed by atoms with Crippen LogP contribution in [0, 0.1) is 0 Å². The molecule has 1 saturated heterocycles. The van der Waals surface area contributed by atoms with E-state index in [9.17, 15) is 14.7 Å². The number of aliphatic hydroxyl groups is 1. The molecule has 1 aliphatic heterocycles. The summed E-state index contributed by atoms with van der Waals surface area (Å²) in [4.78, 5) is 32.3. The number of ether oxygens (including phenoxy) is 2. The highest BCUT2D eigenvalue weighted by molar-refractivity contribution is 6.51. The molecule has 1 fully saturated rings. The summed E-state index contributed by atoms with van der Waals surface area (Å²) in [5.74, 6) is -0.709. The fourth-order valence-electron chi connectivity index (χ4n) is 4.08. The number of benzene rings is 2. The van der Waals surface area contributed by atoms with Gasteiger partial charge in [0.1, 0.15) is 23.3 Å². The number of Topliss-reactive ketones (excluding diaryl/α,β-unsaturated/α-hetero) is 1. The Morgan fingerprint density at radius 1 is 1.00 bits per heavy atom. The SMILES string of the molecule is COc1ccc(/C(O)=C2/C(=O)C(=O)N(c3ccc(C(C)C)cc3)C2c2ccccn2)c(OC)c1. The minimum Gasteiger partial charge on any atom is -0.507 e. The van der Waals surface area contributed by atoms with E-state index in [-0.39, 0.29) is 16.9 Å². The topological polar surface area (TPSA) is 89.0 Å². The van der Waals surface area contributed by atoms with Gasteiger partial charge in [-0.1, -0.05) is 32.0 Å². The number of pyridine rings is 1. The van der Waals surface area contributed by atoms with Gasteiger partial charge in [0.25, 0.3) is 11.7 Å². The lowest BCUT2D eigenvalue weighted by Gasteiger charge is -2.25. The summed E-state index contributed by atoms with van der Waals surface area (Å²) >= 11 is 0. The van der Waals surface area contributed by atoms with Crippen LogP contribution in [-0.4, -0.2) is 36.0 Å². The van der Waals surface area contributed by atoms with Crippen LogP contribution in [0.4, 0.5) is 5.69 Å². The van der Waals surface area contributed by atoms with E-state index in [0.29, 0.717) is 28.8 Å². The number of hydrogen-bond donors (Lipinski definition) is 1. The molecule has 0 aliphatic carbocycles. The number of carbonyl (C=O) groups is 2. The number of nitrogens with zero attached hydrogens (tertiary/aromatic N) is 2. The van der Waals surface area contributed by atoms with E-state index in [1.165, 1.54) is 19.1 Å². The molecule has 1 aromatic heterocycles. The molecule has 34 heavy (non-hydrogen) atoms. The van der Waals surface area contributed by atoms with Crippen LogP contribution in [0.1, 0.15) is 42.6 Å². The van der Waals surface area contributed by atoms with Gasteiger partial charge in [0.15, 0.2) is 0 Å². The molecule has 0 bridgehead atoms. The molecular formula is C27H26N2O5. The molecule has 0 saturated carbocycles. The highest BCUT2D eigenvalue weighted by Crippen LogP contribution is 2.43. The van der Waals surface area contributed by atoms with Crippen molar-refractivity contribution >= 4 is 23.1 Å². The van der Waals surface area contributed by atoms with Gasteiger partial charge in [-0.15, -0.1) is 0 Å². The Morgan fingerprint density at radius 3 is 2.32 bits per heavy atom. The van der Waals surface area contributed by atoms with Crippen molar-refractivity contribution in [3.05, 3.63) is 89.3 Å². The van der Waals surface area contributed by atoms with Crippen LogP contribution in [0.15, 0.2) is 72.4 Å². The Hall–Kier alpha value is -4.13. The number of amides is 1. The molecule has 3 aromatic rings. The molecule has 4 rings (SSSR count). The third-order valence-corrected chi connectivity index (χ3v) is 5.91. The minimum atomic E-state index is -0.905. The van der Waals surface area contributed by atoms with E-state index in [1.54, 1.807) is 42.6 Å². The maximum absolute atomic E-state index is 13.3. The van der Waals surface area contributed by atoms with E-state index in [2.05, 4.69) is 18.8 Å². The Morgan fingerprint density at radius 2 is 1.74 bits per heavy atom. The van der Waals surface area contributed by atoms with Crippen molar-refractivity contribution in [2.45, 2.75) is 25.8 Å². The minimum absolute atomic E-state index is 0.0555. The highest BCUT2D eigenvalue weighted by atomic mass is 16.5. The highest BCUT2D eigenvalue weighted by Gasteiger charge is 2.47. The van der Waals surface area contributed by atoms with Crippen molar-refractivity contribution in [2.24, 2.45) is 0 Å². The Kier molecular flexibility index (Phi) is 6.36. The second-order valence-corrected chi connectivity index (χ2v) is 8.24. The largest absolute Gasteiger partial charge is 0.507 e. The Labute approximate surface area is 198 Å². The van der Waals surface area contributed by atoms with Gasteiger partial charge in [0, 0.05) is 18.0 Å². The molecule has 174 valence electrons. The quantitative estimate of drug-likeness (QED) is 0.323. The van der Waals surface area contributed by atoms with Crippen molar-refractivity contribution in [3.63, 3.8) is 0 Å². The summed E-state index contributed by atoms with van der Waals surface area (Å²) in [6.07, 6.45) is 1.59. The van der Waals surface area contributed by atoms with Crippen LogP contribution in [0.3, 0.4) is 0 Å². The zero-order valence-corrected chi connectivity index (χ0v) is 19.5. The fourth-order valence-corrected chi connectivity index (χ4v) is 4.08. The van der Waals surface area contributed by atoms with Gasteiger partial charge in [-0.2, -0.15) is 0 Å². The maximum Gasteiger partial charge on any atom is 0.300 e. The van der Waals surface area contributed by atoms with Gasteiger partial charge >= 0.3 is 0 Å². The Bertz CT molecular complexity index is 1250. The van der Waals surface area contributed by atoms with Gasteiger partial charge in [-0.3, -0.25) is 19.5 Å². The van der Waals surface area contributed by atoms with Gasteiger partial charge in [-0.25, -0.2) is 0 Å². The lowest BCUT2D eigenvalue weighted by Crippen LogP contribution is -2.29. The summed E-state index contributed by atoms with van der Waals surface area (Å²) in [6.45, 7) is 4.16. The molecule has 2 heterocycles. The molecule has 2 aromatic carbocycles. The van der Waals surface area contributed by atoms with Crippen molar-refractivity contribution in [3.8, 4) is 11.5 Å². The van der Waals surface area contributed by atoms with E-state index >= 15 is 0 Å². The first-order valence-electron chi connectivity index (χ1n) is 10.9. The summed E-state index contributed by atoms with van der Waals surface area (Å²) in [7, 11) is 2.97. The van der Waals surface area contributed by atoms with Crippen molar-refractivity contribution in [2.75, 3.05) is 19.1 Å². The second kappa shape index (κ2) is 9.39. The van der Waals surface area contributed by atoms with Crippen LogP contribution in [0.2, 0.25) is 0 Å². The zero-order chi connectivity index (χ0) is 24.4. The lowest BCUT2D eigenvalue weighted by atomic mass is 9.97. The van der Waals surface area contributed by atoms with E-state index in [4.69, 9.17) is 9.47 Å². The van der Waals surface area contributed by atoms with Crippen LogP contribution < -0.4 is 14.4 Å². The van der Waals surface area contributed by atoms with Crippen LogP contribution in [0.5, 0.6) is 11.5 Å². The molecule has 7 heteroatoms. The van der Waals surface area contributed by atoms with Gasteiger partial charge in [0.2, 0.25) is 0 Å². The summed E-state index contributed by atoms with van der Waals surface area (Å²) in [6, 6.07) is 16.7. The second-order valence-electron chi connectivity index (χ2n) is 8.24. The predicted octanol–water partition coefficient (Wildman–Crippen LogP) is 4.85. The third kappa shape index (κ3) is 4.01. The van der Waals surface area contributed by atoms with Crippen molar-refractivity contribution in [1.29, 1.82) is 0 Å². The first kappa shape index (κ1) is 23.0. The molecule has 0 radical (unpaired) electrons. The van der Waals surface area contributed by atoms with Gasteiger partial charge < -0.3 is 14.6 Å². The van der Waals surface area contributed by atoms with E-state index < -0.39 is 17.7 Å². The van der Waals surface area contributed by atoms with Crippen LogP contribution in [0.25, 0.3) is 5.76 Å². The number of carbonyl (C=O) groups excluding carboxylic acids is 2. The Balaban J connectivity index is 1.92. The molecule has 1 N–H and O–H groups in total. The zero-order valence-electron chi connectivity index (χ0n) is 19.5. The fraction of sp³-hybridized carbons (Fsp3) is 0.222. The van der Waals surface area contributed by atoms with Gasteiger partial charge in [0.05, 0.1) is 31.1 Å². The molecule has 7 nitrogen and oxygen atoms in total. The normalized spacial score (nSPS) is 17.3. The number of ketones is 1. The molecule has 1 aliphatic rings. The van der Waals surface area contributed by atoms with Crippen molar-refractivity contribution in [1.82, 2.24) is 4.98 Å². The number of aliphatic hydroxyl groups excluding tert-OH is 1. The number of anilines is 1. The molecule has 0 spiro atoms. The predicted molar refractivity (Wildman–Crippen MR) is 129 cm³/mol. The maximum atomic E-state index is 13.3. The first-order valence-corrected chi connectivity index (χ1v) is 10.9. The van der Waals surface area contributed by atoms with Crippen LogP contribution in [-0.2, 0) is 9.59 Å². The molecular weight excluding hydrogens is 432 g/mol. The monoisotopic (exact) mass is 458 g/mol. The number of rotatable bonds is 6. The number of aromatic nitrogens is 1. The third-order valence-electron chi connectivity index (χ3n) is 5.91. The lowest BCUT2D eigenvalue weighted by molar-refractivity contribution is -0.132. The summed E-state index contributed by atoms with van der Waals surface area (Å²) in [5, 5.41) is 11.3. The standard InChI is InChI=1S/C27H26N2O5/c1-16(2)17-8-10-18(11-9-17)29-24(21-7-5-6-14-28-21)23(26(31)27(29)32)25(30)20-13-12-19(33-3)15-22(20)34-4/h5-16,24,30H,1-4H3/b25-23-. The van der Waals surface area contributed by atoms with E-state index in [1.807, 2.05) is 24.3 Å². The molecule has 1 unspecified atom stereocenters. The van der Waals surface area contributed by atoms with Gasteiger partial charge in [-0.05, 0) is 47.9 Å². The van der Waals surface area contributed by atoms with Crippen molar-refractivity contribution < 1.29 is 24.2 Å². The first-order chi connectivity index (χ1) is 16.4. The average Bonchev–Trinajstić information content (AvgIpc) is 3.14. The van der Waals surface area contributed by atoms with E-state index in [0.717, 1.165) is 5.56 Å². The van der Waals surface area contributed by atoms with Crippen LogP contribution >= 0.6 is 0 Å². The summed E-state index contributed by atoms with van der Waals surface area (Å²) in [5.41, 5.74) is 2.33. The summed E-state index contributed by atoms with van der Waals surface area (Å²) < 4.78 is 10.6. The number of hydrogen-bond acceptors (Lipinski definition) is 6. The number of methoxy groups -OCH3 is 2. The molecule has 1 atom stereocenters.